The number of aromatic nitrogens is 2. The van der Waals surface area contributed by atoms with E-state index in [1.54, 1.807) is 19.2 Å². The number of carbonyl (C=O) groups is 1. The van der Waals surface area contributed by atoms with Crippen LogP contribution in [-0.2, 0) is 21.2 Å². The summed E-state index contributed by atoms with van der Waals surface area (Å²) in [7, 11) is -0.671. The van der Waals surface area contributed by atoms with Gasteiger partial charge in [0.1, 0.15) is 22.3 Å². The molecule has 1 aromatic heterocycles. The molecule has 2 aromatic rings. The van der Waals surface area contributed by atoms with Gasteiger partial charge in [-0.1, -0.05) is 19.9 Å². The molecule has 8 nitrogen and oxygen atoms in total. The Morgan fingerprint density at radius 2 is 1.97 bits per heavy atom. The summed E-state index contributed by atoms with van der Waals surface area (Å²) in [6.45, 7) is 6.28. The van der Waals surface area contributed by atoms with Gasteiger partial charge in [-0.05, 0) is 43.4 Å². The van der Waals surface area contributed by atoms with Crippen molar-refractivity contribution >= 4 is 21.7 Å². The van der Waals surface area contributed by atoms with Crippen molar-refractivity contribution < 1.29 is 17.9 Å². The Labute approximate surface area is 183 Å². The lowest BCUT2D eigenvalue weighted by molar-refractivity contribution is -0.117. The van der Waals surface area contributed by atoms with E-state index in [-0.39, 0.29) is 23.1 Å². The molecule has 0 bridgehead atoms. The van der Waals surface area contributed by atoms with Gasteiger partial charge in [-0.25, -0.2) is 18.4 Å². The minimum absolute atomic E-state index is 0.0318. The number of nitrogens with zero attached hydrogens (tertiary/aromatic N) is 4. The van der Waals surface area contributed by atoms with Crippen molar-refractivity contribution in [3.8, 4) is 5.75 Å². The van der Waals surface area contributed by atoms with Gasteiger partial charge in [0.15, 0.2) is 0 Å². The molecule has 4 rings (SSSR count). The van der Waals surface area contributed by atoms with Crippen LogP contribution in [-0.4, -0.2) is 49.3 Å². The predicted octanol–water partition coefficient (Wildman–Crippen LogP) is 2.96. The molecule has 0 N–H and O–H groups in total. The summed E-state index contributed by atoms with van der Waals surface area (Å²) in [4.78, 5) is 23.1. The third-order valence-electron chi connectivity index (χ3n) is 6.17. The highest BCUT2D eigenvalue weighted by Gasteiger charge is 2.40. The molecule has 0 unspecified atom stereocenters. The van der Waals surface area contributed by atoms with E-state index < -0.39 is 16.1 Å². The van der Waals surface area contributed by atoms with Crippen molar-refractivity contribution in [1.82, 2.24) is 14.3 Å². The first-order chi connectivity index (χ1) is 14.6. The third kappa shape index (κ3) is 3.59. The van der Waals surface area contributed by atoms with E-state index >= 15 is 0 Å². The lowest BCUT2D eigenvalue weighted by Crippen LogP contribution is -2.32. The van der Waals surface area contributed by atoms with E-state index in [9.17, 15) is 13.2 Å². The van der Waals surface area contributed by atoms with Crippen LogP contribution < -0.4 is 9.64 Å². The zero-order valence-electron chi connectivity index (χ0n) is 18.5. The molecule has 1 atom stereocenters. The number of likely N-dealkylation sites (N-methyl/N-ethyl adjacent to an activating group) is 1. The van der Waals surface area contributed by atoms with Crippen LogP contribution in [0.4, 0.5) is 5.82 Å². The highest BCUT2D eigenvalue weighted by Crippen LogP contribution is 2.40. The second-order valence-corrected chi connectivity index (χ2v) is 10.3. The first kappa shape index (κ1) is 21.7. The maximum absolute atomic E-state index is 13.7. The zero-order valence-corrected chi connectivity index (χ0v) is 19.4. The Balaban J connectivity index is 1.77. The summed E-state index contributed by atoms with van der Waals surface area (Å²) >= 11 is 0. The van der Waals surface area contributed by atoms with Gasteiger partial charge in [-0.15, -0.1) is 0 Å². The van der Waals surface area contributed by atoms with E-state index in [4.69, 9.17) is 4.74 Å². The second kappa shape index (κ2) is 7.87. The Kier molecular flexibility index (Phi) is 5.51. The van der Waals surface area contributed by atoms with E-state index in [0.717, 1.165) is 16.8 Å². The summed E-state index contributed by atoms with van der Waals surface area (Å²) in [5.74, 6) is 1.50. The molecule has 0 spiro atoms. The van der Waals surface area contributed by atoms with Gasteiger partial charge in [-0.3, -0.25) is 9.69 Å². The number of aryl methyl sites for hydroxylation is 1. The molecular formula is C22H28N4O4S. The monoisotopic (exact) mass is 444 g/mol. The van der Waals surface area contributed by atoms with E-state index in [0.29, 0.717) is 36.8 Å². The van der Waals surface area contributed by atoms with Gasteiger partial charge >= 0.3 is 0 Å². The molecule has 31 heavy (non-hydrogen) atoms. The molecule has 0 saturated carbocycles. The lowest BCUT2D eigenvalue weighted by Gasteiger charge is -2.25. The summed E-state index contributed by atoms with van der Waals surface area (Å²) in [6, 6.07) is 4.83. The maximum Gasteiger partial charge on any atom is 0.247 e. The molecule has 9 heteroatoms. The van der Waals surface area contributed by atoms with Gasteiger partial charge in [-0.2, -0.15) is 4.31 Å². The topological polar surface area (TPSA) is 92.7 Å². The molecule has 2 aliphatic rings. The Morgan fingerprint density at radius 3 is 2.65 bits per heavy atom. The van der Waals surface area contributed by atoms with E-state index in [1.807, 2.05) is 26.8 Å². The zero-order chi connectivity index (χ0) is 22.5. The largest absolute Gasteiger partial charge is 0.495 e. The molecule has 1 aromatic carbocycles. The molecule has 3 heterocycles. The fraction of sp³-hybridized carbons (Fsp3) is 0.500. The van der Waals surface area contributed by atoms with Crippen molar-refractivity contribution in [3.05, 3.63) is 40.8 Å². The average molecular weight is 445 g/mol. The van der Waals surface area contributed by atoms with Crippen molar-refractivity contribution in [1.29, 1.82) is 0 Å². The number of rotatable bonds is 5. The standard InChI is InChI=1S/C22H28N4O4S/c1-13(2)15-8-9-18(30-5)19(11-15)31(28,29)26-10-6-7-17(26)21-23-14(3)16-12-20(27)25(4)22(16)24-21/h8-9,11,13,17H,6-7,10,12H2,1-5H3/t17-/m0/s1. The Morgan fingerprint density at radius 1 is 1.23 bits per heavy atom. The van der Waals surface area contributed by atoms with Crippen LogP contribution in [0.15, 0.2) is 23.1 Å². The van der Waals surface area contributed by atoms with Crippen molar-refractivity contribution in [2.24, 2.45) is 0 Å². The number of fused-ring (bicyclic) bond motifs is 1. The molecule has 1 saturated heterocycles. The van der Waals surface area contributed by atoms with Crippen LogP contribution >= 0.6 is 0 Å². The molecule has 0 aliphatic carbocycles. The highest BCUT2D eigenvalue weighted by molar-refractivity contribution is 7.89. The number of ether oxygens (including phenoxy) is 1. The highest BCUT2D eigenvalue weighted by atomic mass is 32.2. The van der Waals surface area contributed by atoms with Gasteiger partial charge < -0.3 is 4.74 Å². The van der Waals surface area contributed by atoms with Crippen LogP contribution in [0.2, 0.25) is 0 Å². The first-order valence-electron chi connectivity index (χ1n) is 10.5. The predicted molar refractivity (Wildman–Crippen MR) is 117 cm³/mol. The van der Waals surface area contributed by atoms with Crippen LogP contribution in [0.1, 0.15) is 61.3 Å². The number of anilines is 1. The van der Waals surface area contributed by atoms with Gasteiger partial charge in [0.2, 0.25) is 15.9 Å². The number of sulfonamides is 1. The van der Waals surface area contributed by atoms with Crippen LogP contribution in [0, 0.1) is 6.92 Å². The summed E-state index contributed by atoms with van der Waals surface area (Å²) in [5, 5.41) is 0. The minimum Gasteiger partial charge on any atom is -0.495 e. The van der Waals surface area contributed by atoms with Crippen LogP contribution in [0.3, 0.4) is 0 Å². The van der Waals surface area contributed by atoms with Crippen molar-refractivity contribution in [2.75, 3.05) is 25.6 Å². The lowest BCUT2D eigenvalue weighted by atomic mass is 10.0. The maximum atomic E-state index is 13.7. The Bertz CT molecular complexity index is 1150. The van der Waals surface area contributed by atoms with Gasteiger partial charge in [0.05, 0.1) is 19.6 Å². The number of hydrogen-bond donors (Lipinski definition) is 0. The van der Waals surface area contributed by atoms with E-state index in [1.165, 1.54) is 16.3 Å². The smallest absolute Gasteiger partial charge is 0.247 e. The van der Waals surface area contributed by atoms with Crippen molar-refractivity contribution in [3.63, 3.8) is 0 Å². The molecule has 1 fully saturated rings. The van der Waals surface area contributed by atoms with Gasteiger partial charge in [0.25, 0.3) is 0 Å². The SMILES string of the molecule is COc1ccc(C(C)C)cc1S(=O)(=O)N1CCC[C@H]1c1nc(C)c2c(n1)N(C)C(=O)C2. The molecule has 166 valence electrons. The third-order valence-corrected chi connectivity index (χ3v) is 8.10. The normalized spacial score (nSPS) is 19.4. The van der Waals surface area contributed by atoms with Gasteiger partial charge in [0, 0.05) is 24.8 Å². The molecule has 2 aliphatic heterocycles. The number of hydrogen-bond acceptors (Lipinski definition) is 6. The van der Waals surface area contributed by atoms with E-state index in [2.05, 4.69) is 9.97 Å². The number of methoxy groups -OCH3 is 1. The number of benzene rings is 1. The second-order valence-electron chi connectivity index (χ2n) is 8.44. The average Bonchev–Trinajstić information content (AvgIpc) is 3.34. The molecule has 1 amide bonds. The molecule has 0 radical (unpaired) electrons. The fourth-order valence-corrected chi connectivity index (χ4v) is 6.14. The first-order valence-corrected chi connectivity index (χ1v) is 11.9. The minimum atomic E-state index is -3.84. The quantitative estimate of drug-likeness (QED) is 0.704. The fourth-order valence-electron chi connectivity index (χ4n) is 4.29. The Hall–Kier alpha value is -2.52. The van der Waals surface area contributed by atoms with Crippen LogP contribution in [0.5, 0.6) is 5.75 Å². The summed E-state index contributed by atoms with van der Waals surface area (Å²) in [5.41, 5.74) is 2.47. The van der Waals surface area contributed by atoms with Crippen LogP contribution in [0.25, 0.3) is 0 Å². The molecular weight excluding hydrogens is 416 g/mol. The summed E-state index contributed by atoms with van der Waals surface area (Å²) < 4.78 is 34.3. The number of carbonyl (C=O) groups excluding carboxylic acids is 1. The van der Waals surface area contributed by atoms with Crippen molar-refractivity contribution in [2.45, 2.75) is 56.9 Å². The summed E-state index contributed by atoms with van der Waals surface area (Å²) in [6.07, 6.45) is 1.62. The number of amides is 1.